The highest BCUT2D eigenvalue weighted by atomic mass is 16.7. The van der Waals surface area contributed by atoms with Gasteiger partial charge in [-0.05, 0) is 34.7 Å². The second-order valence-electron chi connectivity index (χ2n) is 8.89. The molecule has 3 aromatic heterocycles. The molecule has 0 saturated carbocycles. The van der Waals surface area contributed by atoms with Crippen LogP contribution >= 0.6 is 0 Å². The van der Waals surface area contributed by atoms with Crippen molar-refractivity contribution in [1.82, 2.24) is 35.0 Å². The van der Waals surface area contributed by atoms with E-state index in [1.54, 1.807) is 24.1 Å². The fraction of sp³-hybridized carbons (Fsp3) is 0.417. The van der Waals surface area contributed by atoms with Gasteiger partial charge in [0.25, 0.3) is 5.56 Å². The molecular weight excluding hydrogens is 466 g/mol. The Bertz CT molecular complexity index is 1390. The molecule has 2 aliphatic rings. The normalized spacial score (nSPS) is 17.1. The summed E-state index contributed by atoms with van der Waals surface area (Å²) in [5, 5.41) is 13.3. The fourth-order valence-corrected chi connectivity index (χ4v) is 4.86. The lowest BCUT2D eigenvalue weighted by molar-refractivity contribution is 0.0940. The number of hydrogen-bond donors (Lipinski definition) is 1. The Morgan fingerprint density at radius 3 is 2.75 bits per heavy atom. The van der Waals surface area contributed by atoms with Gasteiger partial charge in [0.2, 0.25) is 6.79 Å². The Morgan fingerprint density at radius 1 is 1.14 bits per heavy atom. The van der Waals surface area contributed by atoms with Crippen LogP contribution in [0.25, 0.3) is 10.9 Å². The zero-order valence-corrected chi connectivity index (χ0v) is 19.9. The number of furan rings is 1. The molecule has 1 N–H and O–H groups in total. The second kappa shape index (κ2) is 9.72. The molecule has 0 bridgehead atoms. The summed E-state index contributed by atoms with van der Waals surface area (Å²) >= 11 is 0. The van der Waals surface area contributed by atoms with E-state index >= 15 is 0 Å². The molecule has 0 amide bonds. The third-order valence-electron chi connectivity index (χ3n) is 6.70. The zero-order valence-electron chi connectivity index (χ0n) is 19.9. The Morgan fingerprint density at radius 2 is 1.97 bits per heavy atom. The maximum absolute atomic E-state index is 13.4. The molecule has 1 aromatic carbocycles. The molecule has 0 aliphatic carbocycles. The van der Waals surface area contributed by atoms with Gasteiger partial charge in [-0.15, -0.1) is 5.10 Å². The molecule has 5 heterocycles. The molecule has 2 aliphatic heterocycles. The molecule has 36 heavy (non-hydrogen) atoms. The molecule has 1 atom stereocenters. The molecule has 1 saturated heterocycles. The number of fused-ring (bicyclic) bond motifs is 2. The van der Waals surface area contributed by atoms with Gasteiger partial charge in [0.15, 0.2) is 17.3 Å². The number of piperazine rings is 1. The minimum atomic E-state index is -0.429. The number of methoxy groups -OCH3 is 1. The number of aromatic nitrogens is 5. The van der Waals surface area contributed by atoms with E-state index in [1.165, 1.54) is 0 Å². The average molecular weight is 494 g/mol. The van der Waals surface area contributed by atoms with Crippen LogP contribution in [0.5, 0.6) is 11.5 Å². The number of pyridine rings is 1. The average Bonchev–Trinajstić information content (AvgIpc) is 3.66. The van der Waals surface area contributed by atoms with Crippen molar-refractivity contribution >= 4 is 10.9 Å². The number of aromatic amines is 1. The molecule has 0 unspecified atom stereocenters. The Labute approximate surface area is 206 Å². The summed E-state index contributed by atoms with van der Waals surface area (Å²) in [5.41, 5.74) is 1.08. The maximum atomic E-state index is 13.4. The Balaban J connectivity index is 1.35. The SMILES string of the molecule is COCCn1nnnc1[C@H](c1cc2cc3c(cc2[nH]c1=O)OCO3)N1CCN(Cc2ccco2)CC1. The van der Waals surface area contributed by atoms with Crippen molar-refractivity contribution in [3.63, 3.8) is 0 Å². The summed E-state index contributed by atoms with van der Waals surface area (Å²) in [4.78, 5) is 21.1. The summed E-state index contributed by atoms with van der Waals surface area (Å²) in [6, 6.07) is 9.06. The van der Waals surface area contributed by atoms with Crippen molar-refractivity contribution < 1.29 is 18.6 Å². The van der Waals surface area contributed by atoms with Gasteiger partial charge in [-0.2, -0.15) is 0 Å². The molecule has 0 spiro atoms. The van der Waals surface area contributed by atoms with Gasteiger partial charge < -0.3 is 23.6 Å². The Hall–Kier alpha value is -3.74. The van der Waals surface area contributed by atoms with Crippen LogP contribution in [-0.4, -0.2) is 81.7 Å². The van der Waals surface area contributed by atoms with Crippen molar-refractivity contribution in [1.29, 1.82) is 0 Å². The molecule has 12 heteroatoms. The number of ether oxygens (including phenoxy) is 3. The lowest BCUT2D eigenvalue weighted by Gasteiger charge is -2.38. The summed E-state index contributed by atoms with van der Waals surface area (Å²) in [5.74, 6) is 2.83. The van der Waals surface area contributed by atoms with E-state index in [1.807, 2.05) is 24.3 Å². The molecule has 12 nitrogen and oxygen atoms in total. The van der Waals surface area contributed by atoms with Crippen LogP contribution in [0, 0.1) is 0 Å². The van der Waals surface area contributed by atoms with Gasteiger partial charge in [-0.1, -0.05) is 0 Å². The standard InChI is InChI=1S/C24H27N7O5/c1-33-10-8-31-23(26-27-28-31)22(30-6-4-29(5-7-30)14-17-3-2-9-34-17)18-11-16-12-20-21(36-15-35-20)13-19(16)25-24(18)32/h2-3,9,11-13,22H,4-8,10,14-15H2,1H3,(H,25,32)/t22-/m0/s1. The van der Waals surface area contributed by atoms with Crippen molar-refractivity contribution in [2.45, 2.75) is 19.1 Å². The minimum Gasteiger partial charge on any atom is -0.468 e. The zero-order chi connectivity index (χ0) is 24.5. The van der Waals surface area contributed by atoms with Gasteiger partial charge in [0, 0.05) is 50.3 Å². The third kappa shape index (κ3) is 4.34. The summed E-state index contributed by atoms with van der Waals surface area (Å²) < 4.78 is 23.5. The van der Waals surface area contributed by atoms with Gasteiger partial charge in [0.05, 0.1) is 31.5 Å². The maximum Gasteiger partial charge on any atom is 0.253 e. The van der Waals surface area contributed by atoms with Crippen LogP contribution in [-0.2, 0) is 17.8 Å². The van der Waals surface area contributed by atoms with E-state index in [2.05, 4.69) is 30.3 Å². The summed E-state index contributed by atoms with van der Waals surface area (Å²) in [7, 11) is 1.64. The first-order chi connectivity index (χ1) is 17.7. The third-order valence-corrected chi connectivity index (χ3v) is 6.70. The van der Waals surface area contributed by atoms with Gasteiger partial charge in [-0.3, -0.25) is 14.6 Å². The number of rotatable bonds is 8. The highest BCUT2D eigenvalue weighted by molar-refractivity contribution is 5.83. The van der Waals surface area contributed by atoms with Crippen molar-refractivity contribution in [2.75, 3.05) is 46.7 Å². The number of hydrogen-bond acceptors (Lipinski definition) is 10. The Kier molecular flexibility index (Phi) is 6.13. The highest BCUT2D eigenvalue weighted by Gasteiger charge is 2.33. The minimum absolute atomic E-state index is 0.169. The predicted octanol–water partition coefficient (Wildman–Crippen LogP) is 1.39. The van der Waals surface area contributed by atoms with Gasteiger partial charge in [0.1, 0.15) is 11.8 Å². The monoisotopic (exact) mass is 493 g/mol. The summed E-state index contributed by atoms with van der Waals surface area (Å²) in [6.07, 6.45) is 1.69. The van der Waals surface area contributed by atoms with Crippen LogP contribution in [0.4, 0.5) is 0 Å². The quantitative estimate of drug-likeness (QED) is 0.385. The van der Waals surface area contributed by atoms with Crippen molar-refractivity contribution in [3.8, 4) is 11.5 Å². The van der Waals surface area contributed by atoms with Crippen molar-refractivity contribution in [2.24, 2.45) is 0 Å². The van der Waals surface area contributed by atoms with Gasteiger partial charge >= 0.3 is 0 Å². The lowest BCUT2D eigenvalue weighted by Crippen LogP contribution is -2.48. The van der Waals surface area contributed by atoms with Crippen LogP contribution in [0.2, 0.25) is 0 Å². The van der Waals surface area contributed by atoms with Crippen molar-refractivity contribution in [3.05, 3.63) is 64.1 Å². The van der Waals surface area contributed by atoms with Crippen LogP contribution in [0.3, 0.4) is 0 Å². The highest BCUT2D eigenvalue weighted by Crippen LogP contribution is 2.36. The van der Waals surface area contributed by atoms with E-state index in [-0.39, 0.29) is 12.4 Å². The van der Waals surface area contributed by atoms with Crippen LogP contribution in [0.1, 0.15) is 23.2 Å². The van der Waals surface area contributed by atoms with Gasteiger partial charge in [-0.25, -0.2) is 4.68 Å². The number of tetrazole rings is 1. The number of nitrogens with one attached hydrogen (secondary N) is 1. The smallest absolute Gasteiger partial charge is 0.253 e. The number of H-pyrrole nitrogens is 1. The first kappa shape index (κ1) is 22.7. The van der Waals surface area contributed by atoms with E-state index in [0.29, 0.717) is 41.6 Å². The molecule has 1 fully saturated rings. The summed E-state index contributed by atoms with van der Waals surface area (Å²) in [6.45, 7) is 4.98. The second-order valence-corrected chi connectivity index (χ2v) is 8.89. The molecule has 6 rings (SSSR count). The fourth-order valence-electron chi connectivity index (χ4n) is 4.86. The molecule has 4 aromatic rings. The van der Waals surface area contributed by atoms with E-state index in [9.17, 15) is 4.79 Å². The topological polar surface area (TPSA) is 124 Å². The first-order valence-corrected chi connectivity index (χ1v) is 11.9. The van der Waals surface area contributed by atoms with E-state index < -0.39 is 6.04 Å². The predicted molar refractivity (Wildman–Crippen MR) is 128 cm³/mol. The van der Waals surface area contributed by atoms with E-state index in [0.717, 1.165) is 43.9 Å². The molecule has 0 radical (unpaired) electrons. The lowest BCUT2D eigenvalue weighted by atomic mass is 10.0. The number of benzene rings is 1. The van der Waals surface area contributed by atoms with Crippen LogP contribution < -0.4 is 15.0 Å². The van der Waals surface area contributed by atoms with Crippen LogP contribution in [0.15, 0.2) is 45.8 Å². The number of nitrogens with zero attached hydrogens (tertiary/aromatic N) is 6. The largest absolute Gasteiger partial charge is 0.468 e. The first-order valence-electron chi connectivity index (χ1n) is 11.9. The molecule has 188 valence electrons. The van der Waals surface area contributed by atoms with E-state index in [4.69, 9.17) is 18.6 Å². The molecular formula is C24H27N7O5.